The minimum absolute atomic E-state index is 0.116. The van der Waals surface area contributed by atoms with Crippen LogP contribution in [-0.2, 0) is 0 Å². The Labute approximate surface area is 108 Å². The van der Waals surface area contributed by atoms with E-state index in [9.17, 15) is 0 Å². The molecule has 2 fully saturated rings. The van der Waals surface area contributed by atoms with Crippen molar-refractivity contribution >= 4 is 0 Å². The molecular formula is C13H22N4O. The maximum absolute atomic E-state index is 6.17. The summed E-state index contributed by atoms with van der Waals surface area (Å²) >= 11 is 0. The van der Waals surface area contributed by atoms with E-state index in [1.165, 1.54) is 25.7 Å². The van der Waals surface area contributed by atoms with Crippen molar-refractivity contribution in [1.29, 1.82) is 0 Å². The van der Waals surface area contributed by atoms with E-state index < -0.39 is 0 Å². The van der Waals surface area contributed by atoms with E-state index in [1.807, 2.05) is 0 Å². The molecule has 0 spiro atoms. The lowest BCUT2D eigenvalue weighted by atomic mass is 10.1. The van der Waals surface area contributed by atoms with Gasteiger partial charge < -0.3 is 15.2 Å². The molecule has 0 aromatic carbocycles. The summed E-state index contributed by atoms with van der Waals surface area (Å²) < 4.78 is 5.31. The fourth-order valence-corrected chi connectivity index (χ4v) is 2.72. The minimum Gasteiger partial charge on any atom is -0.339 e. The third-order valence-corrected chi connectivity index (χ3v) is 4.12. The topological polar surface area (TPSA) is 68.2 Å². The van der Waals surface area contributed by atoms with Crippen LogP contribution in [0.2, 0.25) is 0 Å². The van der Waals surface area contributed by atoms with Gasteiger partial charge in [-0.15, -0.1) is 0 Å². The van der Waals surface area contributed by atoms with Crippen LogP contribution in [0, 0.1) is 5.92 Å². The summed E-state index contributed by atoms with van der Waals surface area (Å²) in [4.78, 5) is 6.87. The van der Waals surface area contributed by atoms with E-state index in [0.717, 1.165) is 25.5 Å². The largest absolute Gasteiger partial charge is 0.339 e. The van der Waals surface area contributed by atoms with Crippen LogP contribution in [0.15, 0.2) is 4.52 Å². The van der Waals surface area contributed by atoms with E-state index >= 15 is 0 Å². The van der Waals surface area contributed by atoms with Gasteiger partial charge in [0.15, 0.2) is 5.82 Å². The highest BCUT2D eigenvalue weighted by Crippen LogP contribution is 2.46. The van der Waals surface area contributed by atoms with Crippen LogP contribution in [0.1, 0.15) is 56.3 Å². The van der Waals surface area contributed by atoms with Gasteiger partial charge in [0.25, 0.3) is 0 Å². The summed E-state index contributed by atoms with van der Waals surface area (Å²) in [5, 5.41) is 4.04. The molecule has 100 valence electrons. The van der Waals surface area contributed by atoms with Crippen molar-refractivity contribution < 1.29 is 4.52 Å². The van der Waals surface area contributed by atoms with Gasteiger partial charge in [-0.1, -0.05) is 18.5 Å². The summed E-state index contributed by atoms with van der Waals surface area (Å²) in [6.07, 6.45) is 5.08. The quantitative estimate of drug-likeness (QED) is 0.880. The molecule has 1 aromatic heterocycles. The number of aromatic nitrogens is 2. The Kier molecular flexibility index (Phi) is 3.35. The molecule has 2 N–H and O–H groups in total. The molecule has 2 aliphatic rings. The average Bonchev–Trinajstić information content (AvgIpc) is 2.93. The fourth-order valence-electron chi connectivity index (χ4n) is 2.72. The molecule has 1 saturated heterocycles. The second-order valence-corrected chi connectivity index (χ2v) is 5.78. The third kappa shape index (κ3) is 2.57. The Morgan fingerprint density at radius 3 is 2.78 bits per heavy atom. The van der Waals surface area contributed by atoms with E-state index in [-0.39, 0.29) is 6.04 Å². The van der Waals surface area contributed by atoms with E-state index in [4.69, 9.17) is 10.3 Å². The normalized spacial score (nSPS) is 30.3. The lowest BCUT2D eigenvalue weighted by Crippen LogP contribution is -2.36. The molecule has 3 rings (SSSR count). The first kappa shape index (κ1) is 12.1. The van der Waals surface area contributed by atoms with Gasteiger partial charge in [-0.05, 0) is 38.3 Å². The number of nitrogens with zero attached hydrogens (tertiary/aromatic N) is 3. The van der Waals surface area contributed by atoms with Crippen LogP contribution >= 0.6 is 0 Å². The third-order valence-electron chi connectivity index (χ3n) is 4.12. The molecule has 0 radical (unpaired) electrons. The van der Waals surface area contributed by atoms with E-state index in [2.05, 4.69) is 22.0 Å². The minimum atomic E-state index is -0.116. The predicted octanol–water partition coefficient (Wildman–Crippen LogP) is 1.68. The molecular weight excluding hydrogens is 228 g/mol. The van der Waals surface area contributed by atoms with Crippen LogP contribution in [0.25, 0.3) is 0 Å². The smallest absolute Gasteiger partial charge is 0.230 e. The van der Waals surface area contributed by atoms with Crippen molar-refractivity contribution in [2.24, 2.45) is 11.7 Å². The van der Waals surface area contributed by atoms with Gasteiger partial charge in [0, 0.05) is 12.5 Å². The van der Waals surface area contributed by atoms with Crippen molar-refractivity contribution in [1.82, 2.24) is 15.0 Å². The van der Waals surface area contributed by atoms with Gasteiger partial charge in [0.1, 0.15) is 0 Å². The predicted molar refractivity (Wildman–Crippen MR) is 68.0 cm³/mol. The standard InChI is InChI=1S/C13H22N4O/c1-9-7-10(9)13-15-12(16-18-13)11(14)8-17-5-3-2-4-6-17/h9-11H,2-8,14H2,1H3. The summed E-state index contributed by atoms with van der Waals surface area (Å²) in [5.74, 6) is 2.63. The zero-order valence-corrected chi connectivity index (χ0v) is 11.0. The van der Waals surface area contributed by atoms with Crippen LogP contribution in [0.3, 0.4) is 0 Å². The molecule has 18 heavy (non-hydrogen) atoms. The lowest BCUT2D eigenvalue weighted by Gasteiger charge is -2.27. The van der Waals surface area contributed by atoms with Crippen LogP contribution in [-0.4, -0.2) is 34.7 Å². The average molecular weight is 250 g/mol. The van der Waals surface area contributed by atoms with Gasteiger partial charge in [-0.3, -0.25) is 0 Å². The Morgan fingerprint density at radius 1 is 1.39 bits per heavy atom. The van der Waals surface area contributed by atoms with Gasteiger partial charge in [0.2, 0.25) is 5.89 Å². The van der Waals surface area contributed by atoms with Crippen LogP contribution in [0.5, 0.6) is 0 Å². The lowest BCUT2D eigenvalue weighted by molar-refractivity contribution is 0.213. The summed E-state index contributed by atoms with van der Waals surface area (Å²) in [5.41, 5.74) is 6.17. The maximum Gasteiger partial charge on any atom is 0.230 e. The molecule has 0 bridgehead atoms. The van der Waals surface area contributed by atoms with Crippen molar-refractivity contribution in [2.75, 3.05) is 19.6 Å². The van der Waals surface area contributed by atoms with Crippen LogP contribution in [0.4, 0.5) is 0 Å². The number of hydrogen-bond donors (Lipinski definition) is 1. The van der Waals surface area contributed by atoms with Gasteiger partial charge in [0.05, 0.1) is 6.04 Å². The zero-order chi connectivity index (χ0) is 12.5. The fraction of sp³-hybridized carbons (Fsp3) is 0.846. The zero-order valence-electron chi connectivity index (χ0n) is 11.0. The summed E-state index contributed by atoms with van der Waals surface area (Å²) in [6.45, 7) is 5.36. The number of hydrogen-bond acceptors (Lipinski definition) is 5. The van der Waals surface area contributed by atoms with E-state index in [1.54, 1.807) is 0 Å². The molecule has 5 nitrogen and oxygen atoms in total. The van der Waals surface area contributed by atoms with Crippen molar-refractivity contribution in [3.8, 4) is 0 Å². The Balaban J connectivity index is 1.57. The Hall–Kier alpha value is -0.940. The van der Waals surface area contributed by atoms with E-state index in [0.29, 0.717) is 17.7 Å². The summed E-state index contributed by atoms with van der Waals surface area (Å²) in [6, 6.07) is -0.116. The highest BCUT2D eigenvalue weighted by Gasteiger charge is 2.39. The molecule has 3 unspecified atom stereocenters. The highest BCUT2D eigenvalue weighted by molar-refractivity contribution is 5.07. The maximum atomic E-state index is 6.17. The number of likely N-dealkylation sites (tertiary alicyclic amines) is 1. The number of piperidine rings is 1. The molecule has 1 aliphatic heterocycles. The molecule has 1 aromatic rings. The second-order valence-electron chi connectivity index (χ2n) is 5.78. The van der Waals surface area contributed by atoms with Crippen molar-refractivity contribution in [2.45, 2.75) is 44.6 Å². The number of rotatable bonds is 4. The highest BCUT2D eigenvalue weighted by atomic mass is 16.5. The first-order chi connectivity index (χ1) is 8.74. The summed E-state index contributed by atoms with van der Waals surface area (Å²) in [7, 11) is 0. The molecule has 0 amide bonds. The number of nitrogens with two attached hydrogens (primary N) is 1. The Morgan fingerprint density at radius 2 is 2.11 bits per heavy atom. The van der Waals surface area contributed by atoms with Crippen molar-refractivity contribution in [3.63, 3.8) is 0 Å². The second kappa shape index (κ2) is 4.97. The van der Waals surface area contributed by atoms with Crippen LogP contribution < -0.4 is 5.73 Å². The van der Waals surface area contributed by atoms with Gasteiger partial charge >= 0.3 is 0 Å². The SMILES string of the molecule is CC1CC1c1nc(C(N)CN2CCCCC2)no1. The first-order valence-corrected chi connectivity index (χ1v) is 7.05. The molecule has 5 heteroatoms. The molecule has 3 atom stereocenters. The first-order valence-electron chi connectivity index (χ1n) is 7.05. The van der Waals surface area contributed by atoms with Crippen molar-refractivity contribution in [3.05, 3.63) is 11.7 Å². The van der Waals surface area contributed by atoms with Gasteiger partial charge in [-0.25, -0.2) is 0 Å². The molecule has 1 aliphatic carbocycles. The monoisotopic (exact) mass is 250 g/mol. The van der Waals surface area contributed by atoms with Gasteiger partial charge in [-0.2, -0.15) is 4.98 Å². The molecule has 1 saturated carbocycles. The Bertz CT molecular complexity index is 399. The molecule has 2 heterocycles.